The highest BCUT2D eigenvalue weighted by Crippen LogP contribution is 2.26. The quantitative estimate of drug-likeness (QED) is 0.654. The Balaban J connectivity index is 1.79. The summed E-state index contributed by atoms with van der Waals surface area (Å²) in [4.78, 5) is 23.0. The zero-order chi connectivity index (χ0) is 17.8. The highest BCUT2D eigenvalue weighted by Gasteiger charge is 2.09. The Morgan fingerprint density at radius 3 is 2.60 bits per heavy atom. The lowest BCUT2D eigenvalue weighted by molar-refractivity contribution is -0.132. The maximum Gasteiger partial charge on any atom is 0.309 e. The maximum absolute atomic E-state index is 13.7. The second kappa shape index (κ2) is 7.23. The van der Waals surface area contributed by atoms with Gasteiger partial charge in [0.05, 0.1) is 5.02 Å². The first kappa shape index (κ1) is 16.8. The predicted molar refractivity (Wildman–Crippen MR) is 88.1 cm³/mol. The van der Waals surface area contributed by atoms with E-state index in [9.17, 15) is 9.18 Å². The summed E-state index contributed by atoms with van der Waals surface area (Å²) in [5, 5.41) is 0.185. The van der Waals surface area contributed by atoms with Crippen LogP contribution < -0.4 is 9.47 Å². The van der Waals surface area contributed by atoms with Crippen molar-refractivity contribution in [2.45, 2.75) is 6.92 Å². The minimum atomic E-state index is -0.658. The molecule has 8 heteroatoms. The van der Waals surface area contributed by atoms with Gasteiger partial charge in [-0.15, -0.1) is 0 Å². The van der Waals surface area contributed by atoms with Crippen LogP contribution in [-0.4, -0.2) is 20.9 Å². The number of pyridine rings is 1. The highest BCUT2D eigenvalue weighted by atomic mass is 35.5. The van der Waals surface area contributed by atoms with Crippen molar-refractivity contribution in [3.63, 3.8) is 0 Å². The summed E-state index contributed by atoms with van der Waals surface area (Å²) in [6.45, 7) is 1.29. The molecule has 0 bridgehead atoms. The number of esters is 1. The third-order valence-electron chi connectivity index (χ3n) is 2.98. The minimum absolute atomic E-state index is 0.158. The molecule has 0 N–H and O–H groups in total. The van der Waals surface area contributed by atoms with Crippen molar-refractivity contribution in [2.75, 3.05) is 0 Å². The van der Waals surface area contributed by atoms with Gasteiger partial charge >= 0.3 is 5.97 Å². The maximum atomic E-state index is 13.7. The van der Waals surface area contributed by atoms with Crippen LogP contribution in [0.3, 0.4) is 0 Å². The minimum Gasteiger partial charge on any atom is -0.436 e. The normalized spacial score (nSPS) is 10.4. The topological polar surface area (TPSA) is 74.2 Å². The van der Waals surface area contributed by atoms with E-state index >= 15 is 0 Å². The van der Waals surface area contributed by atoms with Crippen molar-refractivity contribution in [3.8, 4) is 28.9 Å². The Labute approximate surface area is 147 Å². The number of benzene rings is 1. The molecule has 0 atom stereocenters. The van der Waals surface area contributed by atoms with Gasteiger partial charge in [-0.05, 0) is 30.3 Å². The van der Waals surface area contributed by atoms with Gasteiger partial charge in [0.15, 0.2) is 11.6 Å². The van der Waals surface area contributed by atoms with E-state index in [2.05, 4.69) is 15.0 Å². The molecule has 0 aliphatic heterocycles. The van der Waals surface area contributed by atoms with Crippen molar-refractivity contribution in [2.24, 2.45) is 0 Å². The van der Waals surface area contributed by atoms with Crippen LogP contribution in [0.1, 0.15) is 6.92 Å². The molecule has 3 aromatic rings. The lowest BCUT2D eigenvalue weighted by atomic mass is 10.2. The summed E-state index contributed by atoms with van der Waals surface area (Å²) >= 11 is 5.65. The van der Waals surface area contributed by atoms with E-state index in [1.54, 1.807) is 24.3 Å². The van der Waals surface area contributed by atoms with Gasteiger partial charge in [-0.3, -0.25) is 4.79 Å². The van der Waals surface area contributed by atoms with Crippen molar-refractivity contribution < 1.29 is 18.7 Å². The predicted octanol–water partition coefficient (Wildman–Crippen LogP) is 4.05. The molecule has 0 aliphatic carbocycles. The summed E-state index contributed by atoms with van der Waals surface area (Å²) in [5.41, 5.74) is 0.672. The highest BCUT2D eigenvalue weighted by molar-refractivity contribution is 6.30. The van der Waals surface area contributed by atoms with Gasteiger partial charge < -0.3 is 9.47 Å². The number of rotatable bonds is 4. The van der Waals surface area contributed by atoms with E-state index in [1.807, 2.05) is 0 Å². The van der Waals surface area contributed by atoms with Crippen LogP contribution in [0.5, 0.6) is 17.5 Å². The average molecular weight is 360 g/mol. The van der Waals surface area contributed by atoms with Gasteiger partial charge in [-0.1, -0.05) is 11.6 Å². The average Bonchev–Trinajstić information content (AvgIpc) is 2.58. The van der Waals surface area contributed by atoms with E-state index in [1.165, 1.54) is 25.4 Å². The lowest BCUT2D eigenvalue weighted by Crippen LogP contribution is -2.03. The van der Waals surface area contributed by atoms with Gasteiger partial charge in [-0.2, -0.15) is 4.98 Å². The SMILES string of the molecule is CC(=O)Oc1ccnc(-c2ccc(Oc3ncc(Cl)cc3F)cc2)n1. The molecule has 1 aromatic carbocycles. The Hall–Kier alpha value is -3.06. The molecule has 25 heavy (non-hydrogen) atoms. The number of hydrogen-bond acceptors (Lipinski definition) is 6. The molecule has 6 nitrogen and oxygen atoms in total. The lowest BCUT2D eigenvalue weighted by Gasteiger charge is -2.07. The summed E-state index contributed by atoms with van der Waals surface area (Å²) in [6, 6.07) is 9.22. The molecular formula is C17H11ClFN3O3. The molecule has 0 fully saturated rings. The van der Waals surface area contributed by atoms with Crippen molar-refractivity contribution in [3.05, 3.63) is 59.6 Å². The van der Waals surface area contributed by atoms with E-state index in [0.29, 0.717) is 17.1 Å². The molecule has 0 saturated heterocycles. The first-order valence-corrected chi connectivity index (χ1v) is 7.50. The molecule has 2 aromatic heterocycles. The number of hydrogen-bond donors (Lipinski definition) is 0. The molecular weight excluding hydrogens is 349 g/mol. The molecule has 0 radical (unpaired) electrons. The summed E-state index contributed by atoms with van der Waals surface area (Å²) < 4.78 is 24.0. The van der Waals surface area contributed by atoms with Gasteiger partial charge in [-0.25, -0.2) is 14.4 Å². The standard InChI is InChI=1S/C17H11ClFN3O3/c1-10(23)24-15-6-7-20-16(22-15)11-2-4-13(5-3-11)25-17-14(19)8-12(18)9-21-17/h2-9H,1H3. The summed E-state index contributed by atoms with van der Waals surface area (Å²) in [7, 11) is 0. The molecule has 0 unspecified atom stereocenters. The van der Waals surface area contributed by atoms with Crippen LogP contribution in [0.4, 0.5) is 4.39 Å². The van der Waals surface area contributed by atoms with Crippen molar-refractivity contribution in [1.82, 2.24) is 15.0 Å². The molecule has 126 valence electrons. The molecule has 2 heterocycles. The number of carbonyl (C=O) groups excluding carboxylic acids is 1. The Bertz CT molecular complexity index is 919. The summed E-state index contributed by atoms with van der Waals surface area (Å²) in [5.74, 6) is -0.384. The molecule has 0 aliphatic rings. The fraction of sp³-hybridized carbons (Fsp3) is 0.0588. The van der Waals surface area contributed by atoms with Crippen molar-refractivity contribution in [1.29, 1.82) is 0 Å². The fourth-order valence-corrected chi connectivity index (χ4v) is 2.09. The van der Waals surface area contributed by atoms with E-state index < -0.39 is 11.8 Å². The molecule has 0 saturated carbocycles. The number of ether oxygens (including phenoxy) is 2. The molecule has 0 amide bonds. The fourth-order valence-electron chi connectivity index (χ4n) is 1.95. The second-order valence-electron chi connectivity index (χ2n) is 4.88. The van der Waals surface area contributed by atoms with Crippen LogP contribution in [-0.2, 0) is 4.79 Å². The van der Waals surface area contributed by atoms with Gasteiger partial charge in [0, 0.05) is 30.9 Å². The number of aromatic nitrogens is 3. The van der Waals surface area contributed by atoms with E-state index in [0.717, 1.165) is 6.07 Å². The van der Waals surface area contributed by atoms with Crippen LogP contribution in [0.2, 0.25) is 5.02 Å². The third-order valence-corrected chi connectivity index (χ3v) is 3.19. The number of carbonyl (C=O) groups is 1. The second-order valence-corrected chi connectivity index (χ2v) is 5.32. The molecule has 0 spiro atoms. The molecule has 3 rings (SSSR count). The number of nitrogens with zero attached hydrogens (tertiary/aromatic N) is 3. The Morgan fingerprint density at radius 2 is 1.92 bits per heavy atom. The third kappa shape index (κ3) is 4.27. The van der Waals surface area contributed by atoms with E-state index in [4.69, 9.17) is 21.1 Å². The first-order valence-electron chi connectivity index (χ1n) is 7.12. The van der Waals surface area contributed by atoms with Crippen molar-refractivity contribution >= 4 is 17.6 Å². The number of halogens is 2. The van der Waals surface area contributed by atoms with Crippen LogP contribution in [0.15, 0.2) is 48.8 Å². The van der Waals surface area contributed by atoms with Gasteiger partial charge in [0.25, 0.3) is 5.88 Å². The van der Waals surface area contributed by atoms with Gasteiger partial charge in [0.1, 0.15) is 5.75 Å². The van der Waals surface area contributed by atoms with Crippen LogP contribution in [0, 0.1) is 5.82 Å². The smallest absolute Gasteiger partial charge is 0.309 e. The Morgan fingerprint density at radius 1 is 1.16 bits per heavy atom. The largest absolute Gasteiger partial charge is 0.436 e. The zero-order valence-corrected chi connectivity index (χ0v) is 13.7. The monoisotopic (exact) mass is 359 g/mol. The van der Waals surface area contributed by atoms with Crippen LogP contribution in [0.25, 0.3) is 11.4 Å². The Kier molecular flexibility index (Phi) is 4.85. The first-order chi connectivity index (χ1) is 12.0. The van der Waals surface area contributed by atoms with Gasteiger partial charge in [0.2, 0.25) is 5.88 Å². The summed E-state index contributed by atoms with van der Waals surface area (Å²) in [6.07, 6.45) is 2.78. The van der Waals surface area contributed by atoms with E-state index in [-0.39, 0.29) is 16.8 Å². The zero-order valence-electron chi connectivity index (χ0n) is 12.9. The van der Waals surface area contributed by atoms with Crippen LogP contribution >= 0.6 is 11.6 Å².